The van der Waals surface area contributed by atoms with Crippen LogP contribution in [0.2, 0.25) is 0 Å². The molecule has 0 spiro atoms. The number of unbranched alkanes of at least 4 members (excludes halogenated alkanes) is 9. The minimum atomic E-state index is -0.742. The van der Waals surface area contributed by atoms with Crippen molar-refractivity contribution in [3.63, 3.8) is 0 Å². The first-order valence-corrected chi connectivity index (χ1v) is 10.5. The predicted molar refractivity (Wildman–Crippen MR) is 102 cm³/mol. The van der Waals surface area contributed by atoms with Crippen LogP contribution in [0, 0.1) is 5.92 Å². The summed E-state index contributed by atoms with van der Waals surface area (Å²) in [7, 11) is 0. The average molecular weight is 357 g/mol. The van der Waals surface area contributed by atoms with Crippen molar-refractivity contribution in [1.29, 1.82) is 0 Å². The SMILES string of the molecule is CCCCCCCCCCC(C(=O)OCCCC)C(=O)OCCCC. The van der Waals surface area contributed by atoms with Gasteiger partial charge in [-0.05, 0) is 19.3 Å². The monoisotopic (exact) mass is 356 g/mol. The van der Waals surface area contributed by atoms with Crippen molar-refractivity contribution >= 4 is 11.9 Å². The predicted octanol–water partition coefficient (Wildman–Crippen LogP) is 5.82. The molecule has 0 fully saturated rings. The van der Waals surface area contributed by atoms with Crippen molar-refractivity contribution in [2.45, 2.75) is 104 Å². The largest absolute Gasteiger partial charge is 0.465 e. The minimum absolute atomic E-state index is 0.394. The van der Waals surface area contributed by atoms with Gasteiger partial charge in [0.15, 0.2) is 5.92 Å². The summed E-state index contributed by atoms with van der Waals surface area (Å²) in [6, 6.07) is 0. The highest BCUT2D eigenvalue weighted by Crippen LogP contribution is 2.16. The molecule has 0 N–H and O–H groups in total. The third kappa shape index (κ3) is 13.9. The van der Waals surface area contributed by atoms with E-state index in [0.717, 1.165) is 38.5 Å². The fraction of sp³-hybridized carbons (Fsp3) is 0.905. The van der Waals surface area contributed by atoms with Gasteiger partial charge in [-0.3, -0.25) is 9.59 Å². The summed E-state index contributed by atoms with van der Waals surface area (Å²) in [4.78, 5) is 24.4. The molecule has 4 nitrogen and oxygen atoms in total. The first-order valence-electron chi connectivity index (χ1n) is 10.5. The lowest BCUT2D eigenvalue weighted by Crippen LogP contribution is -2.28. The Morgan fingerprint density at radius 2 is 1.00 bits per heavy atom. The van der Waals surface area contributed by atoms with Crippen LogP contribution < -0.4 is 0 Å². The number of hydrogen-bond donors (Lipinski definition) is 0. The molecule has 0 unspecified atom stereocenters. The van der Waals surface area contributed by atoms with Gasteiger partial charge >= 0.3 is 11.9 Å². The molecule has 0 aliphatic rings. The molecule has 0 atom stereocenters. The zero-order valence-corrected chi connectivity index (χ0v) is 16.8. The molecule has 0 saturated heterocycles. The van der Waals surface area contributed by atoms with Crippen molar-refractivity contribution < 1.29 is 19.1 Å². The molecule has 0 aromatic heterocycles. The number of rotatable bonds is 17. The third-order valence-corrected chi connectivity index (χ3v) is 4.40. The highest BCUT2D eigenvalue weighted by molar-refractivity contribution is 5.94. The molecule has 0 amide bonds. The van der Waals surface area contributed by atoms with E-state index in [2.05, 4.69) is 6.92 Å². The molecule has 0 radical (unpaired) electrons. The molecule has 0 bridgehead atoms. The number of hydrogen-bond acceptors (Lipinski definition) is 4. The van der Waals surface area contributed by atoms with Gasteiger partial charge in [0.2, 0.25) is 0 Å². The van der Waals surface area contributed by atoms with Crippen LogP contribution in [-0.2, 0) is 19.1 Å². The summed E-state index contributed by atoms with van der Waals surface area (Å²) in [6.07, 6.45) is 13.7. The fourth-order valence-corrected chi connectivity index (χ4v) is 2.65. The molecule has 148 valence electrons. The van der Waals surface area contributed by atoms with Crippen LogP contribution in [0.1, 0.15) is 104 Å². The zero-order chi connectivity index (χ0) is 18.8. The maximum Gasteiger partial charge on any atom is 0.320 e. The molecule has 0 aromatic carbocycles. The minimum Gasteiger partial charge on any atom is -0.465 e. The maximum atomic E-state index is 12.2. The van der Waals surface area contributed by atoms with Crippen LogP contribution in [-0.4, -0.2) is 25.2 Å². The number of ether oxygens (including phenoxy) is 2. The lowest BCUT2D eigenvalue weighted by molar-refractivity contribution is -0.162. The van der Waals surface area contributed by atoms with Gasteiger partial charge in [-0.15, -0.1) is 0 Å². The summed E-state index contributed by atoms with van der Waals surface area (Å²) in [6.45, 7) is 7.10. The highest BCUT2D eigenvalue weighted by atomic mass is 16.6. The van der Waals surface area contributed by atoms with Crippen LogP contribution in [0.4, 0.5) is 0 Å². The highest BCUT2D eigenvalue weighted by Gasteiger charge is 2.29. The van der Waals surface area contributed by atoms with Gasteiger partial charge in [-0.1, -0.05) is 85.0 Å². The molecule has 4 heteroatoms. The summed E-state index contributed by atoms with van der Waals surface area (Å²) >= 11 is 0. The van der Waals surface area contributed by atoms with Gasteiger partial charge < -0.3 is 9.47 Å². The second kappa shape index (κ2) is 17.8. The van der Waals surface area contributed by atoms with Crippen molar-refractivity contribution in [2.75, 3.05) is 13.2 Å². The Bertz CT molecular complexity index is 306. The Labute approximate surface area is 155 Å². The van der Waals surface area contributed by atoms with Gasteiger partial charge in [-0.2, -0.15) is 0 Å². The van der Waals surface area contributed by atoms with Gasteiger partial charge in [0.25, 0.3) is 0 Å². The van der Waals surface area contributed by atoms with E-state index in [1.165, 1.54) is 38.5 Å². The number of carbonyl (C=O) groups is 2. The summed E-state index contributed by atoms with van der Waals surface area (Å²) in [5, 5.41) is 0. The van der Waals surface area contributed by atoms with E-state index < -0.39 is 17.9 Å². The first-order chi connectivity index (χ1) is 12.2. The summed E-state index contributed by atoms with van der Waals surface area (Å²) in [5.41, 5.74) is 0. The quantitative estimate of drug-likeness (QED) is 0.187. The Kier molecular flexibility index (Phi) is 17.0. The normalized spacial score (nSPS) is 10.9. The van der Waals surface area contributed by atoms with Gasteiger partial charge in [0.1, 0.15) is 0 Å². The van der Waals surface area contributed by atoms with Crippen LogP contribution in [0.25, 0.3) is 0 Å². The Balaban J connectivity index is 4.15. The smallest absolute Gasteiger partial charge is 0.320 e. The molecule has 0 aliphatic heterocycles. The van der Waals surface area contributed by atoms with E-state index in [9.17, 15) is 9.59 Å². The zero-order valence-electron chi connectivity index (χ0n) is 16.8. The van der Waals surface area contributed by atoms with Gasteiger partial charge in [-0.25, -0.2) is 0 Å². The molecule has 0 heterocycles. The van der Waals surface area contributed by atoms with Crippen molar-refractivity contribution in [3.8, 4) is 0 Å². The summed E-state index contributed by atoms with van der Waals surface area (Å²) in [5.74, 6) is -1.55. The molecule has 25 heavy (non-hydrogen) atoms. The van der Waals surface area contributed by atoms with E-state index in [-0.39, 0.29) is 0 Å². The molecular weight excluding hydrogens is 316 g/mol. The maximum absolute atomic E-state index is 12.2. The molecule has 0 rings (SSSR count). The Morgan fingerprint density at radius 3 is 1.44 bits per heavy atom. The van der Waals surface area contributed by atoms with Crippen LogP contribution in [0.3, 0.4) is 0 Å². The summed E-state index contributed by atoms with van der Waals surface area (Å²) < 4.78 is 10.5. The van der Waals surface area contributed by atoms with E-state index in [1.54, 1.807) is 0 Å². The van der Waals surface area contributed by atoms with E-state index in [4.69, 9.17) is 9.47 Å². The first kappa shape index (κ1) is 23.9. The van der Waals surface area contributed by atoms with Crippen LogP contribution in [0.15, 0.2) is 0 Å². The second-order valence-corrected chi connectivity index (χ2v) is 6.86. The van der Waals surface area contributed by atoms with Crippen LogP contribution >= 0.6 is 0 Å². The van der Waals surface area contributed by atoms with E-state index in [1.807, 2.05) is 13.8 Å². The molecular formula is C21H40O4. The third-order valence-electron chi connectivity index (χ3n) is 4.40. The van der Waals surface area contributed by atoms with Crippen LogP contribution in [0.5, 0.6) is 0 Å². The van der Waals surface area contributed by atoms with Gasteiger partial charge in [0, 0.05) is 0 Å². The van der Waals surface area contributed by atoms with Crippen molar-refractivity contribution in [2.24, 2.45) is 5.92 Å². The number of esters is 2. The Morgan fingerprint density at radius 1 is 0.600 bits per heavy atom. The lowest BCUT2D eigenvalue weighted by atomic mass is 10.00. The lowest BCUT2D eigenvalue weighted by Gasteiger charge is -2.15. The fourth-order valence-electron chi connectivity index (χ4n) is 2.65. The van der Waals surface area contributed by atoms with Crippen molar-refractivity contribution in [3.05, 3.63) is 0 Å². The standard InChI is InChI=1S/C21H40O4/c1-4-7-10-11-12-13-14-15-16-19(20(22)24-17-8-5-2)21(23)25-18-9-6-3/h19H,4-18H2,1-3H3. The molecule has 0 aromatic rings. The molecule has 0 aliphatic carbocycles. The number of carbonyl (C=O) groups excluding carboxylic acids is 2. The molecule has 0 saturated carbocycles. The topological polar surface area (TPSA) is 52.6 Å². The second-order valence-electron chi connectivity index (χ2n) is 6.86. The Hall–Kier alpha value is -1.06. The average Bonchev–Trinajstić information content (AvgIpc) is 2.60. The van der Waals surface area contributed by atoms with E-state index >= 15 is 0 Å². The van der Waals surface area contributed by atoms with Gasteiger partial charge in [0.05, 0.1) is 13.2 Å². The van der Waals surface area contributed by atoms with Crippen molar-refractivity contribution in [1.82, 2.24) is 0 Å². The van der Waals surface area contributed by atoms with E-state index in [0.29, 0.717) is 19.6 Å².